The van der Waals surface area contributed by atoms with Crippen LogP contribution in [0.25, 0.3) is 27.1 Å². The summed E-state index contributed by atoms with van der Waals surface area (Å²) in [5, 5.41) is 4.12. The number of piperidine rings is 1. The second-order valence-corrected chi connectivity index (χ2v) is 8.93. The predicted molar refractivity (Wildman–Crippen MR) is 146 cm³/mol. The first-order valence-electron chi connectivity index (χ1n) is 12.3. The van der Waals surface area contributed by atoms with Crippen LogP contribution >= 0.6 is 0 Å². The zero-order chi connectivity index (χ0) is 27.4. The number of nitrogens with zero attached hydrogens (tertiary/aromatic N) is 4. The molecule has 1 N–H and O–H groups in total. The van der Waals surface area contributed by atoms with Crippen LogP contribution in [0.15, 0.2) is 71.7 Å². The van der Waals surface area contributed by atoms with Crippen molar-refractivity contribution in [1.29, 1.82) is 0 Å². The Balaban J connectivity index is 1.42. The van der Waals surface area contributed by atoms with E-state index in [1.807, 2.05) is 42.5 Å². The van der Waals surface area contributed by atoms with Crippen LogP contribution < -0.4 is 19.5 Å². The number of benzene rings is 2. The molecule has 0 saturated carbocycles. The number of carbonyl (C=O) groups excluding carboxylic acids is 1. The summed E-state index contributed by atoms with van der Waals surface area (Å²) in [7, 11) is 3.19. The number of hydrogen-bond donors (Lipinski definition) is 1. The first kappa shape index (κ1) is 25.6. The van der Waals surface area contributed by atoms with Crippen LogP contribution in [0.4, 0.5) is 11.5 Å². The standard InChI is InChI=1S/C29H27N5O5/c1-18(30-2)29(35)34-11-9-20(10-12-34)39-27-15-21-22(16-26(27)37-4)31-17-32-28(21)33-23-14-19(7-8-25(23)36-3)24-6-5-13-38-24/h5-8,13-17,20H,1,9-12H2,3-4H3,(H,31,32,33). The van der Waals surface area contributed by atoms with Crippen LogP contribution in [0.5, 0.6) is 17.2 Å². The molecule has 0 aliphatic carbocycles. The molecule has 4 aromatic rings. The molecule has 0 atom stereocenters. The van der Waals surface area contributed by atoms with E-state index in [0.29, 0.717) is 60.2 Å². The molecule has 39 heavy (non-hydrogen) atoms. The number of nitrogens with one attached hydrogen (secondary N) is 1. The lowest BCUT2D eigenvalue weighted by Gasteiger charge is -2.32. The van der Waals surface area contributed by atoms with Crippen molar-refractivity contribution in [2.45, 2.75) is 18.9 Å². The quantitative estimate of drug-likeness (QED) is 0.239. The normalized spacial score (nSPS) is 13.5. The van der Waals surface area contributed by atoms with E-state index < -0.39 is 0 Å². The highest BCUT2D eigenvalue weighted by Gasteiger charge is 2.26. The van der Waals surface area contributed by atoms with E-state index >= 15 is 0 Å². The summed E-state index contributed by atoms with van der Waals surface area (Å²) in [6.45, 7) is 11.5. The minimum Gasteiger partial charge on any atom is -0.495 e. The third-order valence-corrected chi connectivity index (χ3v) is 6.58. The van der Waals surface area contributed by atoms with E-state index in [-0.39, 0.29) is 17.7 Å². The van der Waals surface area contributed by atoms with Gasteiger partial charge in [-0.05, 0) is 36.4 Å². The highest BCUT2D eigenvalue weighted by atomic mass is 16.5. The molecule has 1 aliphatic rings. The smallest absolute Gasteiger partial charge is 0.252 e. The first-order chi connectivity index (χ1) is 19.0. The molecule has 2 aromatic heterocycles. The van der Waals surface area contributed by atoms with E-state index in [2.05, 4.69) is 26.7 Å². The number of furan rings is 1. The summed E-state index contributed by atoms with van der Waals surface area (Å²) in [5.74, 6) is 2.72. The van der Waals surface area contributed by atoms with E-state index in [4.69, 9.17) is 25.2 Å². The first-order valence-corrected chi connectivity index (χ1v) is 12.3. The molecule has 1 aliphatic heterocycles. The Morgan fingerprint density at radius 1 is 1.10 bits per heavy atom. The van der Waals surface area contributed by atoms with Gasteiger partial charge in [0.25, 0.3) is 5.91 Å². The zero-order valence-corrected chi connectivity index (χ0v) is 21.6. The highest BCUT2D eigenvalue weighted by molar-refractivity contribution is 5.95. The molecule has 2 aromatic carbocycles. The molecule has 0 bridgehead atoms. The van der Waals surface area contributed by atoms with Gasteiger partial charge in [0.05, 0.1) is 38.3 Å². The number of methoxy groups -OCH3 is 2. The SMILES string of the molecule is [C-]#[N+]C(=C)C(=O)N1CCC(Oc2cc3c(Nc4cc(-c5ccco5)ccc4OC)ncnc3cc2OC)CC1. The molecule has 0 radical (unpaired) electrons. The molecule has 3 heterocycles. The van der Waals surface area contributed by atoms with Crippen LogP contribution in [0.2, 0.25) is 0 Å². The van der Waals surface area contributed by atoms with Crippen LogP contribution in [0, 0.1) is 6.57 Å². The monoisotopic (exact) mass is 525 g/mol. The number of carbonyl (C=O) groups is 1. The fraction of sp³-hybridized carbons (Fsp3) is 0.241. The van der Waals surface area contributed by atoms with Crippen molar-refractivity contribution < 1.29 is 23.4 Å². The van der Waals surface area contributed by atoms with Gasteiger partial charge in [0, 0.05) is 42.9 Å². The highest BCUT2D eigenvalue weighted by Crippen LogP contribution is 2.38. The van der Waals surface area contributed by atoms with Crippen molar-refractivity contribution in [1.82, 2.24) is 14.9 Å². The Morgan fingerprint density at radius 2 is 1.90 bits per heavy atom. The van der Waals surface area contributed by atoms with Crippen LogP contribution in [0.1, 0.15) is 12.8 Å². The Morgan fingerprint density at radius 3 is 2.59 bits per heavy atom. The van der Waals surface area contributed by atoms with Crippen LogP contribution in [0.3, 0.4) is 0 Å². The number of fused-ring (bicyclic) bond motifs is 1. The molecule has 198 valence electrons. The molecule has 10 heteroatoms. The summed E-state index contributed by atoms with van der Waals surface area (Å²) in [6, 6.07) is 13.1. The number of aromatic nitrogens is 2. The summed E-state index contributed by atoms with van der Waals surface area (Å²) in [4.78, 5) is 26.0. The van der Waals surface area contributed by atoms with Gasteiger partial charge in [-0.2, -0.15) is 0 Å². The number of rotatable bonds is 8. The molecular formula is C29H27N5O5. The van der Waals surface area contributed by atoms with Gasteiger partial charge in [-0.15, -0.1) is 0 Å². The number of likely N-dealkylation sites (tertiary alicyclic amines) is 1. The summed E-state index contributed by atoms with van der Waals surface area (Å²) >= 11 is 0. The van der Waals surface area contributed by atoms with Gasteiger partial charge < -0.3 is 28.8 Å². The number of ether oxygens (including phenoxy) is 3. The number of hydrogen-bond acceptors (Lipinski definition) is 8. The van der Waals surface area contributed by atoms with Crippen molar-refractivity contribution in [2.24, 2.45) is 0 Å². The van der Waals surface area contributed by atoms with Crippen molar-refractivity contribution >= 4 is 28.3 Å². The zero-order valence-electron chi connectivity index (χ0n) is 21.6. The topological polar surface area (TPSA) is 103 Å². The minimum atomic E-state index is -0.328. The molecule has 5 rings (SSSR count). The Bertz CT molecular complexity index is 1550. The summed E-state index contributed by atoms with van der Waals surface area (Å²) < 4.78 is 23.1. The van der Waals surface area contributed by atoms with Gasteiger partial charge in [-0.25, -0.2) is 14.8 Å². The molecule has 1 saturated heterocycles. The Kier molecular flexibility index (Phi) is 7.32. The van der Waals surface area contributed by atoms with Crippen molar-refractivity contribution in [3.05, 3.63) is 78.7 Å². The second-order valence-electron chi connectivity index (χ2n) is 8.93. The second kappa shape index (κ2) is 11.1. The van der Waals surface area contributed by atoms with Crippen LogP contribution in [-0.2, 0) is 4.79 Å². The van der Waals surface area contributed by atoms with Gasteiger partial charge in [0.15, 0.2) is 11.5 Å². The fourth-order valence-corrected chi connectivity index (χ4v) is 4.53. The van der Waals surface area contributed by atoms with Crippen molar-refractivity contribution in [3.8, 4) is 28.6 Å². The molecule has 0 unspecified atom stereocenters. The average molecular weight is 526 g/mol. The lowest BCUT2D eigenvalue weighted by Crippen LogP contribution is -2.42. The molecular weight excluding hydrogens is 498 g/mol. The Labute approximate surface area is 225 Å². The van der Waals surface area contributed by atoms with Gasteiger partial charge in [-0.1, -0.05) is 6.58 Å². The molecule has 0 spiro atoms. The van der Waals surface area contributed by atoms with Crippen molar-refractivity contribution in [2.75, 3.05) is 32.6 Å². The van der Waals surface area contributed by atoms with E-state index in [1.165, 1.54) is 6.33 Å². The van der Waals surface area contributed by atoms with Gasteiger partial charge in [-0.3, -0.25) is 4.79 Å². The summed E-state index contributed by atoms with van der Waals surface area (Å²) in [6.07, 6.45) is 4.21. The van der Waals surface area contributed by atoms with Gasteiger partial charge in [0.1, 0.15) is 29.8 Å². The van der Waals surface area contributed by atoms with Crippen LogP contribution in [-0.4, -0.2) is 54.2 Å². The number of anilines is 2. The maximum atomic E-state index is 12.3. The lowest BCUT2D eigenvalue weighted by atomic mass is 10.1. The van der Waals surface area contributed by atoms with Gasteiger partial charge in [0.2, 0.25) is 5.70 Å². The van der Waals surface area contributed by atoms with E-state index in [0.717, 1.165) is 16.7 Å². The van der Waals surface area contributed by atoms with Crippen molar-refractivity contribution in [3.63, 3.8) is 0 Å². The summed E-state index contributed by atoms with van der Waals surface area (Å²) in [5.41, 5.74) is 2.20. The molecule has 10 nitrogen and oxygen atoms in total. The minimum absolute atomic E-state index is 0.0723. The maximum absolute atomic E-state index is 12.3. The molecule has 1 fully saturated rings. The maximum Gasteiger partial charge on any atom is 0.252 e. The fourth-order valence-electron chi connectivity index (χ4n) is 4.53. The number of amides is 1. The Hall–Kier alpha value is -5.04. The third-order valence-electron chi connectivity index (χ3n) is 6.58. The third kappa shape index (κ3) is 5.33. The molecule has 1 amide bonds. The van der Waals surface area contributed by atoms with E-state index in [9.17, 15) is 4.79 Å². The van der Waals surface area contributed by atoms with E-state index in [1.54, 1.807) is 25.4 Å². The predicted octanol–water partition coefficient (Wildman–Crippen LogP) is 5.45. The largest absolute Gasteiger partial charge is 0.495 e. The average Bonchev–Trinajstić information content (AvgIpc) is 3.52. The lowest BCUT2D eigenvalue weighted by molar-refractivity contribution is -0.128. The van der Waals surface area contributed by atoms with Gasteiger partial charge >= 0.3 is 0 Å².